The van der Waals surface area contributed by atoms with Gasteiger partial charge in [-0.2, -0.15) is 0 Å². The van der Waals surface area contributed by atoms with Crippen molar-refractivity contribution in [1.82, 2.24) is 4.90 Å². The summed E-state index contributed by atoms with van der Waals surface area (Å²) in [5.41, 5.74) is 0.517. The first-order chi connectivity index (χ1) is 29.5. The number of esters is 3. The first-order valence-corrected chi connectivity index (χ1v) is 26.7. The highest BCUT2D eigenvalue weighted by atomic mass is 16.5. The molecule has 2 unspecified atom stereocenters. The molecule has 0 amide bonds. The Hall–Kier alpha value is -1.63. The van der Waals surface area contributed by atoms with Gasteiger partial charge in [-0.15, -0.1) is 0 Å². The normalized spacial score (nSPS) is 14.5. The Morgan fingerprint density at radius 2 is 0.781 bits per heavy atom. The molecule has 0 saturated carbocycles. The molecule has 0 fully saturated rings. The molecule has 2 atom stereocenters. The van der Waals surface area contributed by atoms with Gasteiger partial charge in [-0.25, -0.2) is 0 Å². The Balaban J connectivity index is 5.05. The van der Waals surface area contributed by atoms with Crippen LogP contribution < -0.4 is 0 Å². The first kappa shape index (κ1) is 62.4. The van der Waals surface area contributed by atoms with E-state index in [0.717, 1.165) is 103 Å². The zero-order chi connectivity index (χ0) is 49.1. The van der Waals surface area contributed by atoms with E-state index >= 15 is 0 Å². The number of rotatable bonds is 39. The minimum Gasteiger partial charge on any atom is -0.466 e. The maximum absolute atomic E-state index is 13.0. The van der Waals surface area contributed by atoms with Crippen LogP contribution >= 0.6 is 0 Å². The Morgan fingerprint density at radius 3 is 1.11 bits per heavy atom. The van der Waals surface area contributed by atoms with E-state index in [1.165, 1.54) is 25.7 Å². The van der Waals surface area contributed by atoms with Gasteiger partial charge in [0.1, 0.15) is 6.10 Å². The number of carbonyl (C=O) groups is 3. The van der Waals surface area contributed by atoms with Gasteiger partial charge in [0.2, 0.25) is 0 Å². The van der Waals surface area contributed by atoms with E-state index in [1.54, 1.807) is 0 Å². The molecule has 0 radical (unpaired) electrons. The fourth-order valence-electron chi connectivity index (χ4n) is 10.5. The number of hydrogen-bond donors (Lipinski definition) is 0. The topological polar surface area (TPSA) is 82.1 Å². The van der Waals surface area contributed by atoms with Crippen LogP contribution in [0.5, 0.6) is 0 Å². The molecule has 0 aromatic rings. The van der Waals surface area contributed by atoms with Gasteiger partial charge in [-0.1, -0.05) is 124 Å². The summed E-state index contributed by atoms with van der Waals surface area (Å²) in [5, 5.41) is 0. The summed E-state index contributed by atoms with van der Waals surface area (Å²) >= 11 is 0. The number of ether oxygens (including phenoxy) is 3. The Morgan fingerprint density at radius 1 is 0.438 bits per heavy atom. The fraction of sp³-hybridized carbons (Fsp3) is 0.947. The molecule has 0 aromatic heterocycles. The Kier molecular flexibility index (Phi) is 31.4. The summed E-state index contributed by atoms with van der Waals surface area (Å²) in [7, 11) is 4.08. The Bertz CT molecular complexity index is 1150. The van der Waals surface area contributed by atoms with Crippen molar-refractivity contribution in [2.45, 2.75) is 258 Å². The van der Waals surface area contributed by atoms with E-state index in [1.807, 2.05) is 14.1 Å². The summed E-state index contributed by atoms with van der Waals surface area (Å²) in [5.74, 6) is 3.69. The zero-order valence-electron chi connectivity index (χ0n) is 46.1. The van der Waals surface area contributed by atoms with Crippen LogP contribution in [-0.2, 0) is 28.6 Å². The van der Waals surface area contributed by atoms with E-state index in [2.05, 4.69) is 116 Å². The van der Waals surface area contributed by atoms with Gasteiger partial charge in [0.15, 0.2) is 0 Å². The molecule has 0 saturated heterocycles. The molecule has 7 nitrogen and oxygen atoms in total. The van der Waals surface area contributed by atoms with Gasteiger partial charge < -0.3 is 19.1 Å². The molecule has 64 heavy (non-hydrogen) atoms. The molecule has 0 heterocycles. The molecule has 0 aromatic carbocycles. The molecular formula is C57H111NO6. The molecule has 380 valence electrons. The van der Waals surface area contributed by atoms with E-state index < -0.39 is 0 Å². The van der Waals surface area contributed by atoms with Crippen molar-refractivity contribution in [1.29, 1.82) is 0 Å². The highest BCUT2D eigenvalue weighted by Gasteiger charge is 2.31. The van der Waals surface area contributed by atoms with Crippen molar-refractivity contribution in [3.8, 4) is 0 Å². The molecule has 7 heteroatoms. The second-order valence-electron chi connectivity index (χ2n) is 25.5. The summed E-state index contributed by atoms with van der Waals surface area (Å²) in [6.45, 7) is 39.1. The van der Waals surface area contributed by atoms with Gasteiger partial charge in [-0.05, 0) is 187 Å². The SMILES string of the molecule is CC(C)CCC(CCOC(=O)CCCC(C)(C)CC(C)(C)CCCC(CCCC(C)(C)CC(C)(C)CCCC(=O)OCCC(CCC(C)C)C(C)C)OC(=O)CCCN(C)C)C(C)C. The van der Waals surface area contributed by atoms with Gasteiger partial charge in [0.05, 0.1) is 13.2 Å². The summed E-state index contributed by atoms with van der Waals surface area (Å²) in [4.78, 5) is 40.5. The summed E-state index contributed by atoms with van der Waals surface area (Å²) < 4.78 is 17.6. The molecule has 0 spiro atoms. The molecule has 0 aliphatic carbocycles. The lowest BCUT2D eigenvalue weighted by Gasteiger charge is -2.36. The molecule has 0 aliphatic rings. The lowest BCUT2D eigenvalue weighted by Crippen LogP contribution is -2.26. The monoisotopic (exact) mass is 906 g/mol. The lowest BCUT2D eigenvalue weighted by molar-refractivity contribution is -0.150. The lowest BCUT2D eigenvalue weighted by atomic mass is 9.70. The third kappa shape index (κ3) is 34.6. The average Bonchev–Trinajstić information content (AvgIpc) is 3.12. The van der Waals surface area contributed by atoms with E-state index in [9.17, 15) is 14.4 Å². The van der Waals surface area contributed by atoms with Crippen molar-refractivity contribution in [3.05, 3.63) is 0 Å². The minimum atomic E-state index is -0.0681. The van der Waals surface area contributed by atoms with Crippen molar-refractivity contribution in [3.63, 3.8) is 0 Å². The van der Waals surface area contributed by atoms with Crippen LogP contribution in [-0.4, -0.2) is 62.8 Å². The zero-order valence-corrected chi connectivity index (χ0v) is 46.1. The largest absolute Gasteiger partial charge is 0.466 e. The number of carbonyl (C=O) groups excluding carboxylic acids is 3. The van der Waals surface area contributed by atoms with Gasteiger partial charge >= 0.3 is 17.9 Å². The molecule has 0 N–H and O–H groups in total. The van der Waals surface area contributed by atoms with Crippen LogP contribution in [0.2, 0.25) is 0 Å². The molecular weight excluding hydrogens is 795 g/mol. The highest BCUT2D eigenvalue weighted by Crippen LogP contribution is 2.42. The standard InChI is InChI=1S/C57H111NO6/c1-44(2)29-31-48(46(5)6)33-40-62-51(59)26-21-37-56(13,14)42-54(9,10)35-19-24-50(64-53(61)28-23-39-58(17)18)25-20-36-55(11,12)43-57(15,16)38-22-27-52(60)63-41-34-49(47(7)8)32-30-45(3)4/h44-50H,19-43H2,1-18H3. The predicted octanol–water partition coefficient (Wildman–Crippen LogP) is 16.1. The summed E-state index contributed by atoms with van der Waals surface area (Å²) in [6, 6.07) is 0. The van der Waals surface area contributed by atoms with Gasteiger partial charge in [0.25, 0.3) is 0 Å². The van der Waals surface area contributed by atoms with Gasteiger partial charge in [0, 0.05) is 19.3 Å². The van der Waals surface area contributed by atoms with Crippen LogP contribution in [0.25, 0.3) is 0 Å². The third-order valence-electron chi connectivity index (χ3n) is 14.0. The molecule has 0 bridgehead atoms. The number of nitrogens with zero attached hydrogens (tertiary/aromatic N) is 1. The Labute approximate surface area is 399 Å². The van der Waals surface area contributed by atoms with Crippen LogP contribution in [0, 0.1) is 57.2 Å². The van der Waals surface area contributed by atoms with Crippen LogP contribution in [0.15, 0.2) is 0 Å². The smallest absolute Gasteiger partial charge is 0.306 e. The first-order valence-electron chi connectivity index (χ1n) is 26.7. The van der Waals surface area contributed by atoms with Crippen LogP contribution in [0.1, 0.15) is 252 Å². The summed E-state index contributed by atoms with van der Waals surface area (Å²) in [6.07, 6.45) is 20.8. The van der Waals surface area contributed by atoms with E-state index in [-0.39, 0.29) is 45.7 Å². The number of hydrogen-bond acceptors (Lipinski definition) is 7. The molecule has 0 aliphatic heterocycles. The fourth-order valence-corrected chi connectivity index (χ4v) is 10.5. The average molecular weight is 907 g/mol. The van der Waals surface area contributed by atoms with Crippen molar-refractivity contribution >= 4 is 17.9 Å². The van der Waals surface area contributed by atoms with Crippen LogP contribution in [0.4, 0.5) is 0 Å². The van der Waals surface area contributed by atoms with Crippen molar-refractivity contribution < 1.29 is 28.6 Å². The van der Waals surface area contributed by atoms with E-state index in [4.69, 9.17) is 14.2 Å². The second-order valence-corrected chi connectivity index (χ2v) is 25.5. The predicted molar refractivity (Wildman–Crippen MR) is 273 cm³/mol. The maximum atomic E-state index is 13.0. The quantitative estimate of drug-likeness (QED) is 0.0449. The van der Waals surface area contributed by atoms with Crippen molar-refractivity contribution in [2.24, 2.45) is 57.2 Å². The van der Waals surface area contributed by atoms with Gasteiger partial charge in [-0.3, -0.25) is 14.4 Å². The van der Waals surface area contributed by atoms with Crippen LogP contribution in [0.3, 0.4) is 0 Å². The minimum absolute atomic E-state index is 0.0527. The third-order valence-corrected chi connectivity index (χ3v) is 14.0. The second kappa shape index (κ2) is 32.2. The van der Waals surface area contributed by atoms with E-state index in [0.29, 0.717) is 68.0 Å². The highest BCUT2D eigenvalue weighted by molar-refractivity contribution is 5.70. The maximum Gasteiger partial charge on any atom is 0.306 e. The molecule has 0 rings (SSSR count). The van der Waals surface area contributed by atoms with Crippen molar-refractivity contribution in [2.75, 3.05) is 33.9 Å².